The predicted molar refractivity (Wildman–Crippen MR) is 131 cm³/mol. The van der Waals surface area contributed by atoms with Crippen LogP contribution in [0.15, 0.2) is 60.9 Å². The maximum atomic E-state index is 4.60. The van der Waals surface area contributed by atoms with Gasteiger partial charge in [0.05, 0.1) is 5.69 Å². The Morgan fingerprint density at radius 3 is 2.22 bits per heavy atom. The highest BCUT2D eigenvalue weighted by atomic mass is 15.3. The Morgan fingerprint density at radius 1 is 0.812 bits per heavy atom. The molecule has 5 nitrogen and oxygen atoms in total. The zero-order chi connectivity index (χ0) is 21.9. The molecule has 0 amide bonds. The molecule has 2 aromatic carbocycles. The van der Waals surface area contributed by atoms with Crippen LogP contribution in [0.1, 0.15) is 23.1 Å². The standard InChI is InChI=1S/C27H33N5/c1-21-3-7-23(8-4-21)18-30-13-15-31(16-14-30)25-11-12-32(19-25)27-17-26(28-20-29-27)24-9-5-22(2)6-10-24/h3-10,17,20,25H,11-16,18-19H2,1-2H3. The molecule has 5 heteroatoms. The lowest BCUT2D eigenvalue weighted by atomic mass is 10.1. The van der Waals surface area contributed by atoms with Crippen molar-refractivity contribution < 1.29 is 0 Å². The number of benzene rings is 2. The van der Waals surface area contributed by atoms with Crippen molar-refractivity contribution in [2.75, 3.05) is 44.2 Å². The van der Waals surface area contributed by atoms with E-state index in [-0.39, 0.29) is 0 Å². The van der Waals surface area contributed by atoms with Crippen molar-refractivity contribution in [2.24, 2.45) is 0 Å². The number of anilines is 1. The van der Waals surface area contributed by atoms with Gasteiger partial charge in [0.1, 0.15) is 12.1 Å². The fourth-order valence-corrected chi connectivity index (χ4v) is 4.89. The Labute approximate surface area is 191 Å². The van der Waals surface area contributed by atoms with E-state index in [1.165, 1.54) is 23.1 Å². The lowest BCUT2D eigenvalue weighted by molar-refractivity contribution is 0.0987. The van der Waals surface area contributed by atoms with E-state index in [9.17, 15) is 0 Å². The first-order valence-electron chi connectivity index (χ1n) is 11.8. The monoisotopic (exact) mass is 427 g/mol. The molecule has 1 atom stereocenters. The maximum Gasteiger partial charge on any atom is 0.132 e. The summed E-state index contributed by atoms with van der Waals surface area (Å²) in [6, 6.07) is 20.3. The van der Waals surface area contributed by atoms with E-state index >= 15 is 0 Å². The predicted octanol–water partition coefficient (Wildman–Crippen LogP) is 4.16. The number of aromatic nitrogens is 2. The normalized spacial score (nSPS) is 20.1. The molecule has 166 valence electrons. The highest BCUT2D eigenvalue weighted by Gasteiger charge is 2.30. The first kappa shape index (κ1) is 21.1. The van der Waals surface area contributed by atoms with Gasteiger partial charge in [0, 0.05) is 63.5 Å². The second kappa shape index (κ2) is 9.39. The summed E-state index contributed by atoms with van der Waals surface area (Å²) in [5.74, 6) is 1.05. The first-order valence-corrected chi connectivity index (χ1v) is 11.8. The summed E-state index contributed by atoms with van der Waals surface area (Å²) >= 11 is 0. The van der Waals surface area contributed by atoms with Crippen LogP contribution in [0, 0.1) is 13.8 Å². The summed E-state index contributed by atoms with van der Waals surface area (Å²) in [5.41, 5.74) is 6.18. The molecule has 2 aliphatic heterocycles. The van der Waals surface area contributed by atoms with Crippen molar-refractivity contribution in [2.45, 2.75) is 32.9 Å². The average Bonchev–Trinajstić information content (AvgIpc) is 3.32. The van der Waals surface area contributed by atoms with E-state index in [0.29, 0.717) is 6.04 Å². The largest absolute Gasteiger partial charge is 0.355 e. The van der Waals surface area contributed by atoms with Gasteiger partial charge in [0.2, 0.25) is 0 Å². The highest BCUT2D eigenvalue weighted by molar-refractivity contribution is 5.63. The summed E-state index contributed by atoms with van der Waals surface area (Å²) < 4.78 is 0. The van der Waals surface area contributed by atoms with Gasteiger partial charge in [-0.1, -0.05) is 59.7 Å². The molecule has 32 heavy (non-hydrogen) atoms. The number of hydrogen-bond acceptors (Lipinski definition) is 5. The molecule has 2 fully saturated rings. The van der Waals surface area contributed by atoms with Crippen LogP contribution in [0.3, 0.4) is 0 Å². The molecule has 0 spiro atoms. The van der Waals surface area contributed by atoms with Crippen LogP contribution < -0.4 is 4.90 Å². The lowest BCUT2D eigenvalue weighted by Crippen LogP contribution is -2.50. The second-order valence-corrected chi connectivity index (χ2v) is 9.31. The van der Waals surface area contributed by atoms with Crippen LogP contribution in [0.4, 0.5) is 5.82 Å². The molecule has 0 saturated carbocycles. The molecule has 1 unspecified atom stereocenters. The van der Waals surface area contributed by atoms with E-state index in [2.05, 4.69) is 93.1 Å². The van der Waals surface area contributed by atoms with Crippen LogP contribution in [-0.2, 0) is 6.54 Å². The molecule has 3 heterocycles. The molecule has 0 radical (unpaired) electrons. The Hall–Kier alpha value is -2.76. The molecule has 2 saturated heterocycles. The van der Waals surface area contributed by atoms with Crippen LogP contribution in [0.25, 0.3) is 11.3 Å². The van der Waals surface area contributed by atoms with Crippen LogP contribution >= 0.6 is 0 Å². The van der Waals surface area contributed by atoms with Gasteiger partial charge in [-0.3, -0.25) is 9.80 Å². The third-order valence-corrected chi connectivity index (χ3v) is 6.94. The number of hydrogen-bond donors (Lipinski definition) is 0. The average molecular weight is 428 g/mol. The van der Waals surface area contributed by atoms with Crippen molar-refractivity contribution in [3.63, 3.8) is 0 Å². The topological polar surface area (TPSA) is 35.5 Å². The molecule has 0 bridgehead atoms. The summed E-state index contributed by atoms with van der Waals surface area (Å²) in [6.45, 7) is 12.1. The van der Waals surface area contributed by atoms with Crippen LogP contribution in [-0.4, -0.2) is 65.1 Å². The lowest BCUT2D eigenvalue weighted by Gasteiger charge is -2.38. The van der Waals surface area contributed by atoms with Gasteiger partial charge < -0.3 is 4.90 Å². The quantitative estimate of drug-likeness (QED) is 0.611. The van der Waals surface area contributed by atoms with Gasteiger partial charge in [0.25, 0.3) is 0 Å². The third-order valence-electron chi connectivity index (χ3n) is 6.94. The van der Waals surface area contributed by atoms with Gasteiger partial charge >= 0.3 is 0 Å². The zero-order valence-corrected chi connectivity index (χ0v) is 19.2. The summed E-state index contributed by atoms with van der Waals surface area (Å²) in [5, 5.41) is 0. The molecule has 0 aliphatic carbocycles. The van der Waals surface area contributed by atoms with E-state index in [4.69, 9.17) is 0 Å². The van der Waals surface area contributed by atoms with Gasteiger partial charge in [-0.15, -0.1) is 0 Å². The number of aryl methyl sites for hydroxylation is 2. The Morgan fingerprint density at radius 2 is 1.50 bits per heavy atom. The fourth-order valence-electron chi connectivity index (χ4n) is 4.89. The van der Waals surface area contributed by atoms with Crippen LogP contribution in [0.5, 0.6) is 0 Å². The van der Waals surface area contributed by atoms with Crippen LogP contribution in [0.2, 0.25) is 0 Å². The highest BCUT2D eigenvalue weighted by Crippen LogP contribution is 2.26. The summed E-state index contributed by atoms with van der Waals surface area (Å²) in [7, 11) is 0. The van der Waals surface area contributed by atoms with E-state index in [1.807, 2.05) is 0 Å². The molecule has 5 rings (SSSR count). The third kappa shape index (κ3) is 4.84. The van der Waals surface area contributed by atoms with Crippen molar-refractivity contribution in [1.29, 1.82) is 0 Å². The van der Waals surface area contributed by atoms with Crippen molar-refractivity contribution in [3.05, 3.63) is 77.6 Å². The van der Waals surface area contributed by atoms with Crippen molar-refractivity contribution in [3.8, 4) is 11.3 Å². The van der Waals surface area contributed by atoms with Gasteiger partial charge in [-0.2, -0.15) is 0 Å². The SMILES string of the molecule is Cc1ccc(CN2CCN(C3CCN(c4cc(-c5ccc(C)cc5)ncn4)C3)CC2)cc1. The fraction of sp³-hybridized carbons (Fsp3) is 0.407. The van der Waals surface area contributed by atoms with E-state index in [0.717, 1.165) is 62.9 Å². The molecular weight excluding hydrogens is 394 g/mol. The number of piperazine rings is 1. The van der Waals surface area contributed by atoms with Gasteiger partial charge in [0.15, 0.2) is 0 Å². The Balaban J connectivity index is 1.16. The molecule has 3 aromatic rings. The summed E-state index contributed by atoms with van der Waals surface area (Å²) in [6.07, 6.45) is 2.92. The minimum Gasteiger partial charge on any atom is -0.355 e. The minimum atomic E-state index is 0.620. The van der Waals surface area contributed by atoms with E-state index in [1.54, 1.807) is 6.33 Å². The first-order chi connectivity index (χ1) is 15.6. The van der Waals surface area contributed by atoms with Crippen molar-refractivity contribution in [1.82, 2.24) is 19.8 Å². The second-order valence-electron chi connectivity index (χ2n) is 9.31. The Bertz CT molecular complexity index is 1020. The maximum absolute atomic E-state index is 4.60. The van der Waals surface area contributed by atoms with E-state index < -0.39 is 0 Å². The molecular formula is C27H33N5. The summed E-state index contributed by atoms with van der Waals surface area (Å²) in [4.78, 5) is 16.8. The minimum absolute atomic E-state index is 0.620. The zero-order valence-electron chi connectivity index (χ0n) is 19.2. The smallest absolute Gasteiger partial charge is 0.132 e. The molecule has 2 aliphatic rings. The Kier molecular flexibility index (Phi) is 6.19. The van der Waals surface area contributed by atoms with Gasteiger partial charge in [-0.05, 0) is 25.8 Å². The number of nitrogens with zero attached hydrogens (tertiary/aromatic N) is 5. The molecule has 0 N–H and O–H groups in total. The molecule has 1 aromatic heterocycles. The van der Waals surface area contributed by atoms with Crippen molar-refractivity contribution >= 4 is 5.82 Å². The number of rotatable bonds is 5. The van der Waals surface area contributed by atoms with Gasteiger partial charge in [-0.25, -0.2) is 9.97 Å².